The number of hydrogen-bond donors (Lipinski definition) is 0. The van der Waals surface area contributed by atoms with Gasteiger partial charge in [0.25, 0.3) is 0 Å². The fraction of sp³-hybridized carbons (Fsp3) is 0.105. The van der Waals surface area contributed by atoms with Gasteiger partial charge in [-0.25, -0.2) is 0 Å². The van der Waals surface area contributed by atoms with Gasteiger partial charge in [0.05, 0.1) is 5.02 Å². The molecule has 104 valence electrons. The van der Waals surface area contributed by atoms with E-state index in [0.717, 1.165) is 38.7 Å². The summed E-state index contributed by atoms with van der Waals surface area (Å²) in [6.45, 7) is 4.02. The van der Waals surface area contributed by atoms with Gasteiger partial charge in [0, 0.05) is 28.1 Å². The number of aromatic nitrogens is 1. The first-order valence-electron chi connectivity index (χ1n) is 6.95. The van der Waals surface area contributed by atoms with Crippen LogP contribution in [0.4, 0.5) is 0 Å². The van der Waals surface area contributed by atoms with Crippen LogP contribution in [0.15, 0.2) is 60.7 Å². The molecule has 2 aromatic carbocycles. The molecule has 0 saturated carbocycles. The van der Waals surface area contributed by atoms with Gasteiger partial charge in [0.15, 0.2) is 0 Å². The van der Waals surface area contributed by atoms with Crippen LogP contribution < -0.4 is 0 Å². The molecule has 0 N–H and O–H groups in total. The van der Waals surface area contributed by atoms with E-state index in [1.807, 2.05) is 50.2 Å². The predicted molar refractivity (Wildman–Crippen MR) is 89.6 cm³/mol. The fourth-order valence-electron chi connectivity index (χ4n) is 2.55. The van der Waals surface area contributed by atoms with Crippen molar-refractivity contribution in [2.75, 3.05) is 0 Å². The molecule has 21 heavy (non-hydrogen) atoms. The maximum absolute atomic E-state index is 6.66. The Hall–Kier alpha value is -2.12. The molecule has 1 aromatic heterocycles. The third-order valence-electron chi connectivity index (χ3n) is 3.60. The molecule has 0 aliphatic rings. The SMILES string of the molecule is Cc1ccc(-c2cccc(-c3ccccc3)c2Cl)c(C)n1. The lowest BCUT2D eigenvalue weighted by Gasteiger charge is -2.12. The molecule has 1 nitrogen and oxygen atoms in total. The number of halogens is 1. The molecule has 3 rings (SSSR count). The Morgan fingerprint density at radius 1 is 0.714 bits per heavy atom. The van der Waals surface area contributed by atoms with Gasteiger partial charge < -0.3 is 0 Å². The minimum atomic E-state index is 0.775. The molecule has 0 unspecified atom stereocenters. The second kappa shape index (κ2) is 5.71. The number of hydrogen-bond acceptors (Lipinski definition) is 1. The number of benzene rings is 2. The Morgan fingerprint density at radius 3 is 2.14 bits per heavy atom. The van der Waals surface area contributed by atoms with Crippen molar-refractivity contribution in [2.45, 2.75) is 13.8 Å². The summed E-state index contributed by atoms with van der Waals surface area (Å²) in [5.41, 5.74) is 6.32. The highest BCUT2D eigenvalue weighted by Crippen LogP contribution is 2.37. The van der Waals surface area contributed by atoms with E-state index < -0.39 is 0 Å². The topological polar surface area (TPSA) is 12.9 Å². The first-order chi connectivity index (χ1) is 10.2. The zero-order valence-electron chi connectivity index (χ0n) is 12.1. The van der Waals surface area contributed by atoms with E-state index in [0.29, 0.717) is 0 Å². The van der Waals surface area contributed by atoms with Gasteiger partial charge in [-0.15, -0.1) is 0 Å². The molecule has 0 bridgehead atoms. The normalized spacial score (nSPS) is 10.6. The van der Waals surface area contributed by atoms with Crippen LogP contribution in [0.3, 0.4) is 0 Å². The standard InChI is InChI=1S/C19H16ClN/c1-13-11-12-16(14(2)21-13)18-10-6-9-17(19(18)20)15-7-4-3-5-8-15/h3-12H,1-2H3. The zero-order chi connectivity index (χ0) is 14.8. The molecule has 0 radical (unpaired) electrons. The predicted octanol–water partition coefficient (Wildman–Crippen LogP) is 5.69. The summed E-state index contributed by atoms with van der Waals surface area (Å²) in [6, 6.07) is 20.5. The van der Waals surface area contributed by atoms with Gasteiger partial charge in [-0.2, -0.15) is 0 Å². The Bertz CT molecular complexity index is 779. The highest BCUT2D eigenvalue weighted by Gasteiger charge is 2.11. The van der Waals surface area contributed by atoms with Crippen molar-refractivity contribution in [2.24, 2.45) is 0 Å². The minimum Gasteiger partial charge on any atom is -0.258 e. The smallest absolute Gasteiger partial charge is 0.0563 e. The molecule has 1 heterocycles. The number of pyridine rings is 1. The largest absolute Gasteiger partial charge is 0.258 e. The van der Waals surface area contributed by atoms with E-state index in [4.69, 9.17) is 11.6 Å². The Morgan fingerprint density at radius 2 is 1.43 bits per heavy atom. The Labute approximate surface area is 130 Å². The lowest BCUT2D eigenvalue weighted by molar-refractivity contribution is 1.13. The summed E-state index contributed by atoms with van der Waals surface area (Å²) >= 11 is 6.66. The molecule has 0 amide bonds. The van der Waals surface area contributed by atoms with E-state index >= 15 is 0 Å². The lowest BCUT2D eigenvalue weighted by atomic mass is 9.98. The van der Waals surface area contributed by atoms with E-state index in [2.05, 4.69) is 29.2 Å². The second-order valence-corrected chi connectivity index (χ2v) is 5.50. The quantitative estimate of drug-likeness (QED) is 0.592. The second-order valence-electron chi connectivity index (χ2n) is 5.12. The van der Waals surface area contributed by atoms with Crippen LogP contribution in [-0.2, 0) is 0 Å². The summed E-state index contributed by atoms with van der Waals surface area (Å²) < 4.78 is 0. The molecule has 2 heteroatoms. The summed E-state index contributed by atoms with van der Waals surface area (Å²) in [6.07, 6.45) is 0. The third-order valence-corrected chi connectivity index (χ3v) is 4.01. The van der Waals surface area contributed by atoms with Crippen molar-refractivity contribution in [3.63, 3.8) is 0 Å². The van der Waals surface area contributed by atoms with Gasteiger partial charge in [-0.3, -0.25) is 4.98 Å². The van der Waals surface area contributed by atoms with Crippen molar-refractivity contribution < 1.29 is 0 Å². The first kappa shape index (κ1) is 13.8. The molecule has 3 aromatic rings. The molecule has 0 saturated heterocycles. The average molecular weight is 294 g/mol. The molecular formula is C19H16ClN. The van der Waals surface area contributed by atoms with Gasteiger partial charge in [-0.05, 0) is 25.5 Å². The maximum Gasteiger partial charge on any atom is 0.0563 e. The van der Waals surface area contributed by atoms with Crippen molar-refractivity contribution >= 4 is 11.6 Å². The van der Waals surface area contributed by atoms with Crippen LogP contribution in [0.5, 0.6) is 0 Å². The summed E-state index contributed by atoms with van der Waals surface area (Å²) in [7, 11) is 0. The van der Waals surface area contributed by atoms with Crippen LogP contribution in [0.25, 0.3) is 22.3 Å². The molecule has 0 spiro atoms. The first-order valence-corrected chi connectivity index (χ1v) is 7.33. The van der Waals surface area contributed by atoms with Crippen LogP contribution in [0.1, 0.15) is 11.4 Å². The van der Waals surface area contributed by atoms with Gasteiger partial charge in [-0.1, -0.05) is 66.2 Å². The summed E-state index contributed by atoms with van der Waals surface area (Å²) in [5, 5.41) is 0.775. The van der Waals surface area contributed by atoms with Crippen molar-refractivity contribution in [3.05, 3.63) is 77.1 Å². The molecule has 0 aliphatic heterocycles. The van der Waals surface area contributed by atoms with Crippen molar-refractivity contribution in [1.82, 2.24) is 4.98 Å². The van der Waals surface area contributed by atoms with Gasteiger partial charge in [0.1, 0.15) is 0 Å². The number of aryl methyl sites for hydroxylation is 2. The average Bonchev–Trinajstić information content (AvgIpc) is 2.49. The van der Waals surface area contributed by atoms with Crippen molar-refractivity contribution in [1.29, 1.82) is 0 Å². The minimum absolute atomic E-state index is 0.775. The van der Waals surface area contributed by atoms with E-state index in [1.54, 1.807) is 0 Å². The fourth-order valence-corrected chi connectivity index (χ4v) is 2.89. The van der Waals surface area contributed by atoms with E-state index in [-0.39, 0.29) is 0 Å². The van der Waals surface area contributed by atoms with Crippen LogP contribution >= 0.6 is 11.6 Å². The third kappa shape index (κ3) is 2.70. The maximum atomic E-state index is 6.66. The van der Waals surface area contributed by atoms with Crippen LogP contribution in [-0.4, -0.2) is 4.98 Å². The number of nitrogens with zero attached hydrogens (tertiary/aromatic N) is 1. The molecule has 0 atom stereocenters. The van der Waals surface area contributed by atoms with E-state index in [9.17, 15) is 0 Å². The number of rotatable bonds is 2. The van der Waals surface area contributed by atoms with Crippen molar-refractivity contribution in [3.8, 4) is 22.3 Å². The lowest BCUT2D eigenvalue weighted by Crippen LogP contribution is -1.92. The zero-order valence-corrected chi connectivity index (χ0v) is 12.9. The highest BCUT2D eigenvalue weighted by molar-refractivity contribution is 6.36. The highest BCUT2D eigenvalue weighted by atomic mass is 35.5. The summed E-state index contributed by atoms with van der Waals surface area (Å²) in [5.74, 6) is 0. The molecule has 0 fully saturated rings. The van der Waals surface area contributed by atoms with Crippen LogP contribution in [0, 0.1) is 13.8 Å². The van der Waals surface area contributed by atoms with Gasteiger partial charge in [0.2, 0.25) is 0 Å². The van der Waals surface area contributed by atoms with Gasteiger partial charge >= 0.3 is 0 Å². The molecule has 0 aliphatic carbocycles. The Kier molecular flexibility index (Phi) is 3.76. The molecular weight excluding hydrogens is 278 g/mol. The Balaban J connectivity index is 2.17. The summed E-state index contributed by atoms with van der Waals surface area (Å²) in [4.78, 5) is 4.53. The van der Waals surface area contributed by atoms with E-state index in [1.165, 1.54) is 0 Å². The monoisotopic (exact) mass is 293 g/mol. The van der Waals surface area contributed by atoms with Crippen LogP contribution in [0.2, 0.25) is 5.02 Å².